The van der Waals surface area contributed by atoms with Crippen LogP contribution in [-0.2, 0) is 31.2 Å². The van der Waals surface area contributed by atoms with Crippen molar-refractivity contribution in [3.8, 4) is 17.2 Å². The fourth-order valence-electron chi connectivity index (χ4n) is 5.29. The molecule has 5 aromatic rings. The Bertz CT molecular complexity index is 2090. The average Bonchev–Trinajstić information content (AvgIpc) is 3.08. The first kappa shape index (κ1) is 37.7. The van der Waals surface area contributed by atoms with E-state index in [1.807, 2.05) is 83.1 Å². The molecule has 0 N–H and O–H groups in total. The molecular formula is C39H46N8O5. The second-order valence-corrected chi connectivity index (χ2v) is 12.9. The largest absolute Gasteiger partial charge is 0.483 e. The Labute approximate surface area is 304 Å². The highest BCUT2D eigenvalue weighted by molar-refractivity contribution is 5.91. The molecule has 4 heterocycles. The number of nitrogens with zero attached hydrogens (tertiary/aromatic N) is 8. The summed E-state index contributed by atoms with van der Waals surface area (Å²) in [7, 11) is 0. The van der Waals surface area contributed by atoms with Gasteiger partial charge in [0, 0.05) is 0 Å². The Morgan fingerprint density at radius 1 is 0.404 bits per heavy atom. The molecule has 0 aliphatic rings. The van der Waals surface area contributed by atoms with Gasteiger partial charge in [-0.05, 0) is 95.2 Å². The van der Waals surface area contributed by atoms with E-state index in [1.54, 1.807) is 12.1 Å². The van der Waals surface area contributed by atoms with Gasteiger partial charge < -0.3 is 18.9 Å². The van der Waals surface area contributed by atoms with Crippen LogP contribution < -0.4 is 14.2 Å². The molecule has 13 nitrogen and oxygen atoms in total. The van der Waals surface area contributed by atoms with Crippen molar-refractivity contribution in [1.82, 2.24) is 39.9 Å². The van der Waals surface area contributed by atoms with Gasteiger partial charge in [-0.25, -0.2) is 4.79 Å². The lowest BCUT2D eigenvalue weighted by atomic mass is 10.1. The van der Waals surface area contributed by atoms with Gasteiger partial charge in [-0.1, -0.05) is 0 Å². The number of aryl methyl sites for hydroxylation is 12. The summed E-state index contributed by atoms with van der Waals surface area (Å²) in [6.45, 7) is 22.8. The topological polar surface area (TPSA) is 157 Å². The predicted molar refractivity (Wildman–Crippen MR) is 194 cm³/mol. The van der Waals surface area contributed by atoms with Gasteiger partial charge in [-0.15, -0.1) is 0 Å². The van der Waals surface area contributed by atoms with E-state index >= 15 is 0 Å². The predicted octanol–water partition coefficient (Wildman–Crippen LogP) is 6.64. The zero-order valence-electron chi connectivity index (χ0n) is 32.1. The number of carbonyl (C=O) groups excluding carboxylic acids is 1. The van der Waals surface area contributed by atoms with Gasteiger partial charge in [0.15, 0.2) is 11.5 Å². The third kappa shape index (κ3) is 8.64. The van der Waals surface area contributed by atoms with Gasteiger partial charge in [0.1, 0.15) is 26.4 Å². The number of carbonyl (C=O) groups is 1. The van der Waals surface area contributed by atoms with Crippen molar-refractivity contribution in [1.29, 1.82) is 0 Å². The zero-order valence-corrected chi connectivity index (χ0v) is 32.1. The fraction of sp³-hybridized carbons (Fsp3) is 0.410. The molecule has 0 spiro atoms. The number of ether oxygens (including phenoxy) is 4. The standard InChI is InChI=1S/C39H46N8O5/c1-19-23(5)44-32(27(9)40-19)15-49-36-13-31(39(48)52-18-35-30(12)43-22(4)26(8)47-35)14-37(50-16-33-28(10)41-20(2)24(6)45-33)38(36)51-17-34-29(11)42-21(3)25(7)46-34/h13-14H,15-18H2,1-12H3. The van der Waals surface area contributed by atoms with Gasteiger partial charge in [0.25, 0.3) is 0 Å². The van der Waals surface area contributed by atoms with Crippen LogP contribution in [0.2, 0.25) is 0 Å². The van der Waals surface area contributed by atoms with Crippen molar-refractivity contribution in [3.63, 3.8) is 0 Å². The number of aromatic nitrogens is 8. The zero-order chi connectivity index (χ0) is 37.9. The molecule has 4 aromatic heterocycles. The van der Waals surface area contributed by atoms with Gasteiger partial charge in [0.05, 0.1) is 96.7 Å². The Kier molecular flexibility index (Phi) is 11.4. The van der Waals surface area contributed by atoms with Crippen LogP contribution in [0.1, 0.15) is 101 Å². The Hall–Kier alpha value is -5.59. The molecule has 0 atom stereocenters. The van der Waals surface area contributed by atoms with Crippen LogP contribution in [-0.4, -0.2) is 45.8 Å². The lowest BCUT2D eigenvalue weighted by Crippen LogP contribution is -2.13. The van der Waals surface area contributed by atoms with E-state index in [0.717, 1.165) is 62.6 Å². The first-order valence-electron chi connectivity index (χ1n) is 17.1. The highest BCUT2D eigenvalue weighted by Gasteiger charge is 2.23. The number of rotatable bonds is 12. The minimum Gasteiger partial charge on any atom is -0.483 e. The molecule has 0 saturated heterocycles. The van der Waals surface area contributed by atoms with Gasteiger partial charge in [-0.2, -0.15) is 0 Å². The molecule has 0 aliphatic heterocycles. The van der Waals surface area contributed by atoms with Crippen molar-refractivity contribution < 1.29 is 23.7 Å². The quantitative estimate of drug-likeness (QED) is 0.127. The summed E-state index contributed by atoms with van der Waals surface area (Å²) in [6.07, 6.45) is 0. The van der Waals surface area contributed by atoms with Crippen LogP contribution in [0.5, 0.6) is 17.2 Å². The van der Waals surface area contributed by atoms with E-state index in [-0.39, 0.29) is 49.2 Å². The van der Waals surface area contributed by atoms with Gasteiger partial charge >= 0.3 is 5.97 Å². The van der Waals surface area contributed by atoms with Crippen LogP contribution >= 0.6 is 0 Å². The molecule has 272 valence electrons. The smallest absolute Gasteiger partial charge is 0.338 e. The summed E-state index contributed by atoms with van der Waals surface area (Å²) in [5.41, 5.74) is 12.1. The molecule has 0 unspecified atom stereocenters. The molecule has 0 saturated carbocycles. The van der Waals surface area contributed by atoms with Crippen molar-refractivity contribution in [2.75, 3.05) is 0 Å². The summed E-state index contributed by atoms with van der Waals surface area (Å²) < 4.78 is 25.1. The summed E-state index contributed by atoms with van der Waals surface area (Å²) in [5, 5.41) is 0. The normalized spacial score (nSPS) is 11.1. The Morgan fingerprint density at radius 2 is 0.692 bits per heavy atom. The number of hydrogen-bond donors (Lipinski definition) is 0. The first-order chi connectivity index (χ1) is 24.6. The fourth-order valence-corrected chi connectivity index (χ4v) is 5.29. The van der Waals surface area contributed by atoms with Crippen LogP contribution in [0, 0.1) is 83.1 Å². The van der Waals surface area contributed by atoms with E-state index in [4.69, 9.17) is 33.9 Å². The highest BCUT2D eigenvalue weighted by atomic mass is 16.5. The average molecular weight is 707 g/mol. The maximum Gasteiger partial charge on any atom is 0.338 e. The maximum atomic E-state index is 13.7. The van der Waals surface area contributed by atoms with Crippen molar-refractivity contribution in [2.24, 2.45) is 0 Å². The minimum atomic E-state index is -0.610. The van der Waals surface area contributed by atoms with Crippen molar-refractivity contribution >= 4 is 5.97 Å². The Balaban J connectivity index is 1.57. The SMILES string of the molecule is Cc1nc(C)c(COC(=O)c2cc(OCc3nc(C)c(C)nc3C)c(OCc3nc(C)c(C)nc3C)c(OCc3nc(C)c(C)nc3C)c2)nc1C. The summed E-state index contributed by atoms with van der Waals surface area (Å²) >= 11 is 0. The van der Waals surface area contributed by atoms with Crippen LogP contribution in [0.25, 0.3) is 0 Å². The summed E-state index contributed by atoms with van der Waals surface area (Å²) in [6, 6.07) is 3.15. The molecule has 52 heavy (non-hydrogen) atoms. The highest BCUT2D eigenvalue weighted by Crippen LogP contribution is 2.41. The van der Waals surface area contributed by atoms with Crippen molar-refractivity contribution in [3.05, 3.63) is 109 Å². The minimum absolute atomic E-state index is 0.0515. The Morgan fingerprint density at radius 3 is 1.04 bits per heavy atom. The van der Waals surface area contributed by atoms with Crippen LogP contribution in [0.15, 0.2) is 12.1 Å². The molecular weight excluding hydrogens is 660 g/mol. The summed E-state index contributed by atoms with van der Waals surface area (Å²) in [4.78, 5) is 50.8. The van der Waals surface area contributed by atoms with E-state index in [1.165, 1.54) is 0 Å². The third-order valence-corrected chi connectivity index (χ3v) is 9.00. The van der Waals surface area contributed by atoms with E-state index < -0.39 is 5.97 Å². The van der Waals surface area contributed by atoms with Crippen LogP contribution in [0.3, 0.4) is 0 Å². The molecule has 0 fully saturated rings. The maximum absolute atomic E-state index is 13.7. The van der Waals surface area contributed by atoms with Gasteiger partial charge in [0.2, 0.25) is 5.75 Å². The number of esters is 1. The molecule has 1 aromatic carbocycles. The molecule has 0 radical (unpaired) electrons. The molecule has 0 bridgehead atoms. The molecule has 5 rings (SSSR count). The lowest BCUT2D eigenvalue weighted by molar-refractivity contribution is 0.0465. The lowest BCUT2D eigenvalue weighted by Gasteiger charge is -2.19. The summed E-state index contributed by atoms with van der Waals surface area (Å²) in [5.74, 6) is 0.128. The van der Waals surface area contributed by atoms with E-state index in [0.29, 0.717) is 28.5 Å². The van der Waals surface area contributed by atoms with Crippen LogP contribution in [0.4, 0.5) is 0 Å². The molecule has 0 aliphatic carbocycles. The molecule has 0 amide bonds. The third-order valence-electron chi connectivity index (χ3n) is 9.00. The first-order valence-corrected chi connectivity index (χ1v) is 17.1. The monoisotopic (exact) mass is 706 g/mol. The van der Waals surface area contributed by atoms with Gasteiger partial charge in [-0.3, -0.25) is 39.9 Å². The van der Waals surface area contributed by atoms with Crippen molar-refractivity contribution in [2.45, 2.75) is 110 Å². The van der Waals surface area contributed by atoms with E-state index in [9.17, 15) is 4.79 Å². The number of benzene rings is 1. The van der Waals surface area contributed by atoms with E-state index in [2.05, 4.69) is 24.9 Å². The number of hydrogen-bond acceptors (Lipinski definition) is 13. The molecule has 13 heteroatoms. The second-order valence-electron chi connectivity index (χ2n) is 12.9. The second kappa shape index (κ2) is 15.7.